The van der Waals surface area contributed by atoms with Gasteiger partial charge in [-0.25, -0.2) is 0 Å². The summed E-state index contributed by atoms with van der Waals surface area (Å²) in [6, 6.07) is -0.565. The van der Waals surface area contributed by atoms with E-state index >= 15 is 0 Å². The number of ketones is 1. The summed E-state index contributed by atoms with van der Waals surface area (Å²) >= 11 is 0. The summed E-state index contributed by atoms with van der Waals surface area (Å²) in [5.74, 6) is -0.459. The molecular formula is C11H22N2O3. The smallest absolute Gasteiger partial charge is 0.217 e. The average molecular weight is 230 g/mol. The predicted octanol–water partition coefficient (Wildman–Crippen LogP) is -0.0530. The number of primary amides is 1. The van der Waals surface area contributed by atoms with Gasteiger partial charge in [-0.15, -0.1) is 0 Å². The molecule has 0 bridgehead atoms. The van der Waals surface area contributed by atoms with E-state index in [2.05, 4.69) is 0 Å². The molecule has 0 rings (SSSR count). The van der Waals surface area contributed by atoms with E-state index in [1.807, 2.05) is 0 Å². The normalized spacial score (nSPS) is 13.5. The van der Waals surface area contributed by atoms with E-state index in [0.29, 0.717) is 12.8 Å². The Hall–Kier alpha value is -0.940. The molecule has 0 radical (unpaired) electrons. The lowest BCUT2D eigenvalue weighted by molar-refractivity contribution is -0.123. The minimum Gasteiger partial charge on any atom is -0.396 e. The van der Waals surface area contributed by atoms with Crippen molar-refractivity contribution in [3.63, 3.8) is 0 Å². The molecule has 5 N–H and O–H groups in total. The molecule has 0 spiro atoms. The second-order valence-electron chi connectivity index (χ2n) is 4.93. The lowest BCUT2D eigenvalue weighted by atomic mass is 9.86. The summed E-state index contributed by atoms with van der Waals surface area (Å²) in [6.07, 6.45) is 1.50. The number of aliphatic hydroxyl groups is 1. The molecule has 16 heavy (non-hydrogen) atoms. The zero-order chi connectivity index (χ0) is 12.8. The van der Waals surface area contributed by atoms with E-state index in [4.69, 9.17) is 16.6 Å². The van der Waals surface area contributed by atoms with E-state index in [9.17, 15) is 9.59 Å². The van der Waals surface area contributed by atoms with Crippen LogP contribution in [0.1, 0.15) is 39.5 Å². The topological polar surface area (TPSA) is 106 Å². The Kier molecular flexibility index (Phi) is 6.21. The third-order valence-corrected chi connectivity index (χ3v) is 2.43. The molecule has 1 unspecified atom stereocenters. The van der Waals surface area contributed by atoms with Gasteiger partial charge in [0.05, 0.1) is 6.04 Å². The fourth-order valence-electron chi connectivity index (χ4n) is 1.32. The lowest BCUT2D eigenvalue weighted by Gasteiger charge is -2.22. The minimum atomic E-state index is -0.565. The zero-order valence-corrected chi connectivity index (χ0v) is 10.0. The van der Waals surface area contributed by atoms with E-state index in [0.717, 1.165) is 0 Å². The van der Waals surface area contributed by atoms with Crippen molar-refractivity contribution < 1.29 is 14.7 Å². The first-order valence-corrected chi connectivity index (χ1v) is 5.46. The Morgan fingerprint density at radius 1 is 1.38 bits per heavy atom. The van der Waals surface area contributed by atoms with Crippen LogP contribution in [0.5, 0.6) is 0 Å². The number of nitrogens with two attached hydrogens (primary N) is 2. The first kappa shape index (κ1) is 15.1. The van der Waals surface area contributed by atoms with E-state index in [1.165, 1.54) is 0 Å². The van der Waals surface area contributed by atoms with Crippen LogP contribution in [0.2, 0.25) is 0 Å². The second-order valence-corrected chi connectivity index (χ2v) is 4.93. The highest BCUT2D eigenvalue weighted by molar-refractivity contribution is 5.84. The highest BCUT2D eigenvalue weighted by Crippen LogP contribution is 2.20. The second kappa shape index (κ2) is 6.60. The molecule has 94 valence electrons. The van der Waals surface area contributed by atoms with Crippen LogP contribution in [0, 0.1) is 5.41 Å². The van der Waals surface area contributed by atoms with Gasteiger partial charge in [0, 0.05) is 19.4 Å². The summed E-state index contributed by atoms with van der Waals surface area (Å²) in [6.45, 7) is 3.56. The summed E-state index contributed by atoms with van der Waals surface area (Å²) in [5.41, 5.74) is 10.2. The molecule has 0 saturated carbocycles. The number of hydrogen-bond donors (Lipinski definition) is 3. The number of carbonyl (C=O) groups is 2. The van der Waals surface area contributed by atoms with Crippen LogP contribution >= 0.6 is 0 Å². The van der Waals surface area contributed by atoms with Crippen LogP contribution < -0.4 is 11.5 Å². The maximum atomic E-state index is 11.6. The van der Waals surface area contributed by atoms with Gasteiger partial charge in [0.15, 0.2) is 0 Å². The summed E-state index contributed by atoms with van der Waals surface area (Å²) in [5, 5.41) is 9.02. The third-order valence-electron chi connectivity index (χ3n) is 2.43. The van der Waals surface area contributed by atoms with Crippen molar-refractivity contribution in [1.82, 2.24) is 0 Å². The van der Waals surface area contributed by atoms with Crippen LogP contribution in [0.3, 0.4) is 0 Å². The van der Waals surface area contributed by atoms with Crippen molar-refractivity contribution >= 4 is 11.7 Å². The summed E-state index contributed by atoms with van der Waals surface area (Å²) in [4.78, 5) is 22.1. The number of amides is 1. The molecule has 0 aromatic rings. The van der Waals surface area contributed by atoms with Crippen molar-refractivity contribution in [3.05, 3.63) is 0 Å². The number of rotatable bonds is 8. The fraction of sp³-hybridized carbons (Fsp3) is 0.818. The van der Waals surface area contributed by atoms with Crippen molar-refractivity contribution in [1.29, 1.82) is 0 Å². The minimum absolute atomic E-state index is 0.0489. The molecule has 0 saturated heterocycles. The van der Waals surface area contributed by atoms with Crippen molar-refractivity contribution in [3.8, 4) is 0 Å². The molecule has 0 aromatic carbocycles. The maximum absolute atomic E-state index is 11.6. The Bertz CT molecular complexity index is 252. The van der Waals surface area contributed by atoms with E-state index in [-0.39, 0.29) is 31.1 Å². The molecule has 0 aromatic heterocycles. The molecule has 0 aliphatic carbocycles. The van der Waals surface area contributed by atoms with E-state index < -0.39 is 11.5 Å². The van der Waals surface area contributed by atoms with Crippen LogP contribution in [-0.2, 0) is 9.59 Å². The molecule has 5 heteroatoms. The molecular weight excluding hydrogens is 208 g/mol. The number of aliphatic hydroxyl groups excluding tert-OH is 1. The highest BCUT2D eigenvalue weighted by atomic mass is 16.3. The standard InChI is InChI=1S/C11H22N2O3/c1-11(2,7-14)6-9(15)8(12)4-3-5-10(13)16/h8,14H,3-7,12H2,1-2H3,(H2,13,16). The van der Waals surface area contributed by atoms with Crippen LogP contribution in [0.25, 0.3) is 0 Å². The highest BCUT2D eigenvalue weighted by Gasteiger charge is 2.24. The Morgan fingerprint density at radius 3 is 2.38 bits per heavy atom. The Morgan fingerprint density at radius 2 is 1.94 bits per heavy atom. The van der Waals surface area contributed by atoms with Crippen LogP contribution in [0.4, 0.5) is 0 Å². The molecule has 0 fully saturated rings. The fourth-order valence-corrected chi connectivity index (χ4v) is 1.32. The van der Waals surface area contributed by atoms with Crippen LogP contribution in [0.15, 0.2) is 0 Å². The SMILES string of the molecule is CC(C)(CO)CC(=O)C(N)CCCC(N)=O. The predicted molar refractivity (Wildman–Crippen MR) is 61.5 cm³/mol. The van der Waals surface area contributed by atoms with Crippen LogP contribution in [-0.4, -0.2) is 29.4 Å². The molecule has 5 nitrogen and oxygen atoms in total. The molecule has 0 aliphatic heterocycles. The van der Waals surface area contributed by atoms with Crippen molar-refractivity contribution in [2.75, 3.05) is 6.61 Å². The van der Waals surface area contributed by atoms with Gasteiger partial charge in [-0.3, -0.25) is 9.59 Å². The molecule has 0 aliphatic rings. The summed E-state index contributed by atoms with van der Waals surface area (Å²) < 4.78 is 0. The van der Waals surface area contributed by atoms with E-state index in [1.54, 1.807) is 13.8 Å². The van der Waals surface area contributed by atoms with Gasteiger partial charge in [0.1, 0.15) is 5.78 Å². The Balaban J connectivity index is 3.95. The Labute approximate surface area is 96.2 Å². The first-order valence-electron chi connectivity index (χ1n) is 5.46. The van der Waals surface area contributed by atoms with Crippen molar-refractivity contribution in [2.45, 2.75) is 45.6 Å². The van der Waals surface area contributed by atoms with Gasteiger partial charge in [-0.2, -0.15) is 0 Å². The molecule has 1 atom stereocenters. The van der Waals surface area contributed by atoms with Gasteiger partial charge in [0.25, 0.3) is 0 Å². The number of Topliss-reactive ketones (excluding diaryl/α,β-unsaturated/α-hetero) is 1. The van der Waals surface area contributed by atoms with Gasteiger partial charge >= 0.3 is 0 Å². The first-order chi connectivity index (χ1) is 7.28. The van der Waals surface area contributed by atoms with Gasteiger partial charge < -0.3 is 16.6 Å². The number of hydrogen-bond acceptors (Lipinski definition) is 4. The van der Waals surface area contributed by atoms with Gasteiger partial charge in [0.2, 0.25) is 5.91 Å². The monoisotopic (exact) mass is 230 g/mol. The molecule has 0 heterocycles. The lowest BCUT2D eigenvalue weighted by Crippen LogP contribution is -2.35. The zero-order valence-electron chi connectivity index (χ0n) is 10.0. The number of carbonyl (C=O) groups excluding carboxylic acids is 2. The average Bonchev–Trinajstić information content (AvgIpc) is 2.16. The van der Waals surface area contributed by atoms with Gasteiger partial charge in [-0.1, -0.05) is 13.8 Å². The summed E-state index contributed by atoms with van der Waals surface area (Å²) in [7, 11) is 0. The quantitative estimate of drug-likeness (QED) is 0.543. The van der Waals surface area contributed by atoms with Gasteiger partial charge in [-0.05, 0) is 18.3 Å². The maximum Gasteiger partial charge on any atom is 0.217 e. The largest absolute Gasteiger partial charge is 0.396 e. The molecule has 1 amide bonds. The third kappa shape index (κ3) is 6.53. The van der Waals surface area contributed by atoms with Crippen molar-refractivity contribution in [2.24, 2.45) is 16.9 Å².